The molecule has 0 saturated heterocycles. The molecular weight excluding hydrogens is 414 g/mol. The molecular formula is C21H12F2N2O4S. The summed E-state index contributed by atoms with van der Waals surface area (Å²) in [4.78, 5) is 36.7. The molecule has 2 aromatic carbocycles. The monoisotopic (exact) mass is 426 g/mol. The van der Waals surface area contributed by atoms with Gasteiger partial charge in [0.2, 0.25) is 5.78 Å². The number of benzene rings is 2. The lowest BCUT2D eigenvalue weighted by atomic mass is 10.0. The molecule has 150 valence electrons. The van der Waals surface area contributed by atoms with Crippen LogP contribution in [-0.2, 0) is 0 Å². The predicted octanol–water partition coefficient (Wildman–Crippen LogP) is 4.78. The van der Waals surface area contributed by atoms with E-state index in [0.29, 0.717) is 11.3 Å². The Kier molecular flexibility index (Phi) is 4.75. The summed E-state index contributed by atoms with van der Waals surface area (Å²) in [5.41, 5.74) is -0.621. The topological polar surface area (TPSA) is 82.2 Å². The number of carbonyl (C=O) groups excluding carboxylic acids is 1. The summed E-state index contributed by atoms with van der Waals surface area (Å²) < 4.78 is 29.0. The molecule has 0 saturated carbocycles. The fourth-order valence-corrected chi connectivity index (χ4v) is 4.33. The Morgan fingerprint density at radius 1 is 1.07 bits per heavy atom. The number of ketones is 1. The van der Waals surface area contributed by atoms with E-state index >= 15 is 0 Å². The van der Waals surface area contributed by atoms with Crippen LogP contribution in [0.4, 0.5) is 13.8 Å². The maximum Gasteiger partial charge on any atom is 0.337 e. The third-order valence-corrected chi connectivity index (χ3v) is 5.77. The normalized spacial score (nSPS) is 11.0. The van der Waals surface area contributed by atoms with Gasteiger partial charge in [0.1, 0.15) is 22.0 Å². The van der Waals surface area contributed by atoms with E-state index in [-0.39, 0.29) is 32.6 Å². The number of aromatic nitrogens is 1. The lowest BCUT2D eigenvalue weighted by molar-refractivity contribution is -0.380. The lowest BCUT2D eigenvalue weighted by Crippen LogP contribution is -2.17. The average molecular weight is 426 g/mol. The maximum atomic E-state index is 14.4. The Labute approximate surface area is 171 Å². The van der Waals surface area contributed by atoms with Crippen molar-refractivity contribution in [2.24, 2.45) is 0 Å². The first kappa shape index (κ1) is 19.6. The van der Waals surface area contributed by atoms with E-state index in [1.54, 1.807) is 0 Å². The summed E-state index contributed by atoms with van der Waals surface area (Å²) in [5, 5.41) is 11.4. The van der Waals surface area contributed by atoms with Gasteiger partial charge in [-0.1, -0.05) is 12.1 Å². The van der Waals surface area contributed by atoms with Gasteiger partial charge in [-0.05, 0) is 60.2 Å². The van der Waals surface area contributed by atoms with E-state index in [1.807, 2.05) is 0 Å². The minimum absolute atomic E-state index is 0.0698. The van der Waals surface area contributed by atoms with Crippen LogP contribution in [-0.4, -0.2) is 15.3 Å². The minimum Gasteiger partial charge on any atom is -0.288 e. The Bertz CT molecular complexity index is 1410. The van der Waals surface area contributed by atoms with Crippen LogP contribution in [0.5, 0.6) is 0 Å². The number of carbonyl (C=O) groups is 1. The van der Waals surface area contributed by atoms with Gasteiger partial charge in [0.15, 0.2) is 0 Å². The molecule has 0 radical (unpaired) electrons. The highest BCUT2D eigenvalue weighted by Crippen LogP contribution is 2.39. The van der Waals surface area contributed by atoms with Crippen LogP contribution in [0.3, 0.4) is 0 Å². The van der Waals surface area contributed by atoms with Gasteiger partial charge in [-0.2, -0.15) is 0 Å². The molecule has 2 heterocycles. The molecule has 0 amide bonds. The summed E-state index contributed by atoms with van der Waals surface area (Å²) in [7, 11) is 0. The van der Waals surface area contributed by atoms with E-state index < -0.39 is 32.9 Å². The number of aryl methyl sites for hydroxylation is 1. The number of nitro groups is 1. The standard InChI is InChI=1S/C21H12F2N2O4S/c1-11-10-12(6-8-14(11)22)19(27)18-13-7-9-17(26)24(16-5-3-2-4-15(16)23)20(13)30-21(18)25(28)29/h2-10H,1H3. The molecule has 9 heteroatoms. The molecule has 0 aliphatic rings. The van der Waals surface area contributed by atoms with Crippen molar-refractivity contribution >= 4 is 32.3 Å². The van der Waals surface area contributed by atoms with Crippen LogP contribution in [0.1, 0.15) is 21.5 Å². The number of pyridine rings is 1. The quantitative estimate of drug-likeness (QED) is 0.267. The largest absolute Gasteiger partial charge is 0.337 e. The molecule has 2 aromatic heterocycles. The van der Waals surface area contributed by atoms with Crippen molar-refractivity contribution < 1.29 is 18.5 Å². The molecule has 0 unspecified atom stereocenters. The lowest BCUT2D eigenvalue weighted by Gasteiger charge is -2.08. The van der Waals surface area contributed by atoms with Gasteiger partial charge in [-0.15, -0.1) is 0 Å². The van der Waals surface area contributed by atoms with Gasteiger partial charge < -0.3 is 0 Å². The number of thiophene rings is 1. The van der Waals surface area contributed by atoms with E-state index in [4.69, 9.17) is 0 Å². The van der Waals surface area contributed by atoms with Crippen molar-refractivity contribution in [2.75, 3.05) is 0 Å². The smallest absolute Gasteiger partial charge is 0.288 e. The van der Waals surface area contributed by atoms with Gasteiger partial charge >= 0.3 is 5.00 Å². The third-order valence-electron chi connectivity index (χ3n) is 4.63. The van der Waals surface area contributed by atoms with Crippen molar-refractivity contribution in [1.29, 1.82) is 0 Å². The number of halogens is 2. The predicted molar refractivity (Wildman–Crippen MR) is 109 cm³/mol. The Hall–Kier alpha value is -3.72. The summed E-state index contributed by atoms with van der Waals surface area (Å²) in [6.07, 6.45) is 0. The van der Waals surface area contributed by atoms with E-state index in [1.165, 1.54) is 43.3 Å². The highest BCUT2D eigenvalue weighted by Gasteiger charge is 2.30. The first-order chi connectivity index (χ1) is 14.3. The zero-order valence-electron chi connectivity index (χ0n) is 15.4. The summed E-state index contributed by atoms with van der Waals surface area (Å²) in [5.74, 6) is -1.88. The molecule has 0 fully saturated rings. The number of hydrogen-bond acceptors (Lipinski definition) is 5. The Balaban J connectivity index is 2.05. The van der Waals surface area contributed by atoms with Gasteiger partial charge in [0.05, 0.1) is 10.6 Å². The molecule has 4 aromatic rings. The van der Waals surface area contributed by atoms with Crippen LogP contribution in [0.15, 0.2) is 59.4 Å². The first-order valence-corrected chi connectivity index (χ1v) is 9.50. The number of hydrogen-bond donors (Lipinski definition) is 0. The Morgan fingerprint density at radius 3 is 2.47 bits per heavy atom. The van der Waals surface area contributed by atoms with Crippen LogP contribution in [0.2, 0.25) is 0 Å². The second kappa shape index (κ2) is 7.27. The highest BCUT2D eigenvalue weighted by atomic mass is 32.1. The first-order valence-electron chi connectivity index (χ1n) is 8.68. The maximum absolute atomic E-state index is 14.4. The second-order valence-corrected chi connectivity index (χ2v) is 7.49. The molecule has 6 nitrogen and oxygen atoms in total. The average Bonchev–Trinajstić information content (AvgIpc) is 3.10. The number of rotatable bonds is 4. The van der Waals surface area contributed by atoms with Crippen LogP contribution < -0.4 is 5.56 Å². The van der Waals surface area contributed by atoms with Crippen LogP contribution in [0, 0.1) is 28.7 Å². The van der Waals surface area contributed by atoms with Crippen molar-refractivity contribution in [2.45, 2.75) is 6.92 Å². The minimum atomic E-state index is -0.718. The van der Waals surface area contributed by atoms with Crippen molar-refractivity contribution in [3.8, 4) is 5.69 Å². The third kappa shape index (κ3) is 3.09. The van der Waals surface area contributed by atoms with Gasteiger partial charge in [-0.25, -0.2) is 8.78 Å². The summed E-state index contributed by atoms with van der Waals surface area (Å²) >= 11 is 0.609. The van der Waals surface area contributed by atoms with Gasteiger partial charge in [-0.3, -0.25) is 24.3 Å². The van der Waals surface area contributed by atoms with Gasteiger partial charge in [0, 0.05) is 17.0 Å². The van der Waals surface area contributed by atoms with Crippen LogP contribution >= 0.6 is 11.3 Å². The molecule has 0 aliphatic carbocycles. The fraction of sp³-hybridized carbons (Fsp3) is 0.0476. The summed E-state index contributed by atoms with van der Waals surface area (Å²) in [6, 6.07) is 11.6. The van der Waals surface area contributed by atoms with Crippen molar-refractivity contribution in [3.05, 3.63) is 103 Å². The van der Waals surface area contributed by atoms with Gasteiger partial charge in [0.25, 0.3) is 5.56 Å². The molecule has 0 bridgehead atoms. The van der Waals surface area contributed by atoms with Crippen molar-refractivity contribution in [1.82, 2.24) is 4.57 Å². The molecule has 0 spiro atoms. The zero-order chi connectivity index (χ0) is 21.6. The second-order valence-electron chi connectivity index (χ2n) is 6.51. The fourth-order valence-electron chi connectivity index (χ4n) is 3.21. The highest BCUT2D eigenvalue weighted by molar-refractivity contribution is 7.22. The molecule has 30 heavy (non-hydrogen) atoms. The zero-order valence-corrected chi connectivity index (χ0v) is 16.2. The van der Waals surface area contributed by atoms with E-state index in [2.05, 4.69) is 0 Å². The molecule has 0 atom stereocenters. The molecule has 0 N–H and O–H groups in total. The van der Waals surface area contributed by atoms with Crippen molar-refractivity contribution in [3.63, 3.8) is 0 Å². The number of para-hydroxylation sites is 1. The van der Waals surface area contributed by atoms with E-state index in [9.17, 15) is 28.5 Å². The SMILES string of the molecule is Cc1cc(C(=O)c2c([N+](=O)[O-])sc3c2ccc(=O)n3-c2ccccc2F)ccc1F. The summed E-state index contributed by atoms with van der Waals surface area (Å²) in [6.45, 7) is 1.47. The number of nitrogens with zero attached hydrogens (tertiary/aromatic N) is 2. The molecule has 0 aliphatic heterocycles. The Morgan fingerprint density at radius 2 is 1.80 bits per heavy atom. The number of fused-ring (bicyclic) bond motifs is 1. The molecule has 4 rings (SSSR count). The van der Waals surface area contributed by atoms with E-state index in [0.717, 1.165) is 22.8 Å². The van der Waals surface area contributed by atoms with Crippen LogP contribution in [0.25, 0.3) is 15.9 Å².